The molecule has 0 saturated carbocycles. The summed E-state index contributed by atoms with van der Waals surface area (Å²) in [6, 6.07) is 9.21. The monoisotopic (exact) mass is 479 g/mol. The van der Waals surface area contributed by atoms with Gasteiger partial charge in [-0.05, 0) is 36.8 Å². The third kappa shape index (κ3) is 4.96. The molecule has 1 saturated heterocycles. The van der Waals surface area contributed by atoms with Crippen LogP contribution in [0.15, 0.2) is 47.5 Å². The number of nitrogens with one attached hydrogen (secondary N) is 1. The summed E-state index contributed by atoms with van der Waals surface area (Å²) in [6.45, 7) is 5.01. The minimum atomic E-state index is -0.508. The number of aromatic nitrogens is 3. The number of halogens is 3. The molecule has 0 aliphatic carbocycles. The van der Waals surface area contributed by atoms with E-state index in [9.17, 15) is 4.79 Å². The Hall–Kier alpha value is -2.32. The maximum atomic E-state index is 12.3. The number of rotatable bonds is 5. The molecule has 0 spiro atoms. The van der Waals surface area contributed by atoms with Crippen LogP contribution in [0.1, 0.15) is 12.5 Å². The van der Waals surface area contributed by atoms with Crippen LogP contribution in [0.2, 0.25) is 15.1 Å². The molecule has 1 aromatic carbocycles. The molecule has 3 heterocycles. The lowest BCUT2D eigenvalue weighted by atomic mass is 10.2. The summed E-state index contributed by atoms with van der Waals surface area (Å²) < 4.78 is 6.73. The van der Waals surface area contributed by atoms with Crippen molar-refractivity contribution in [3.8, 4) is 5.69 Å². The van der Waals surface area contributed by atoms with Gasteiger partial charge in [-0.2, -0.15) is 9.78 Å². The van der Waals surface area contributed by atoms with E-state index in [4.69, 9.17) is 39.5 Å². The molecule has 162 valence electrons. The molecule has 1 N–H and O–H groups in total. The first-order valence-electron chi connectivity index (χ1n) is 9.71. The lowest BCUT2D eigenvalue weighted by molar-refractivity contribution is 0.0529. The highest BCUT2D eigenvalue weighted by molar-refractivity contribution is 6.41. The molecule has 4 rings (SSSR count). The third-order valence-corrected chi connectivity index (χ3v) is 5.99. The van der Waals surface area contributed by atoms with Gasteiger partial charge in [0.1, 0.15) is 10.8 Å². The van der Waals surface area contributed by atoms with Crippen LogP contribution in [-0.4, -0.2) is 40.6 Å². The average Bonchev–Trinajstić information content (AvgIpc) is 2.77. The highest BCUT2D eigenvalue weighted by Gasteiger charge is 2.17. The topological polar surface area (TPSA) is 72.3 Å². The lowest BCUT2D eigenvalue weighted by Gasteiger charge is -2.32. The van der Waals surface area contributed by atoms with E-state index in [0.29, 0.717) is 23.9 Å². The summed E-state index contributed by atoms with van der Waals surface area (Å²) in [7, 11) is 0. The predicted octanol–water partition coefficient (Wildman–Crippen LogP) is 4.42. The van der Waals surface area contributed by atoms with Crippen molar-refractivity contribution in [3.63, 3.8) is 0 Å². The van der Waals surface area contributed by atoms with Gasteiger partial charge in [0.25, 0.3) is 5.56 Å². The molecule has 10 heteroatoms. The fraction of sp³-hybridized carbons (Fsp3) is 0.286. The molecule has 2 aromatic heterocycles. The Bertz CT molecular complexity index is 1140. The van der Waals surface area contributed by atoms with Crippen LogP contribution in [0, 0.1) is 0 Å². The van der Waals surface area contributed by atoms with Crippen LogP contribution >= 0.6 is 34.8 Å². The fourth-order valence-corrected chi connectivity index (χ4v) is 3.80. The van der Waals surface area contributed by atoms with E-state index in [-0.39, 0.29) is 16.1 Å². The first-order chi connectivity index (χ1) is 14.9. The summed E-state index contributed by atoms with van der Waals surface area (Å²) in [4.78, 5) is 19.1. The van der Waals surface area contributed by atoms with E-state index in [1.807, 2.05) is 18.3 Å². The second kappa shape index (κ2) is 9.44. The molecule has 3 aromatic rings. The fourth-order valence-electron chi connectivity index (χ4n) is 3.31. The van der Waals surface area contributed by atoms with Gasteiger partial charge in [-0.25, -0.2) is 4.98 Å². The normalized spacial score (nSPS) is 16.4. The maximum Gasteiger partial charge on any atom is 0.291 e. The van der Waals surface area contributed by atoms with E-state index in [0.717, 1.165) is 34.8 Å². The van der Waals surface area contributed by atoms with Gasteiger partial charge in [-0.1, -0.05) is 40.9 Å². The Kier molecular flexibility index (Phi) is 6.67. The first kappa shape index (κ1) is 21.9. The standard InChI is InChI=1S/C21H20Cl3N5O2/c1-13-12-28(6-7-31-13)19-5-2-14(10-26-19)9-25-18-4-3-15(8-16(18)22)29-21(30)20(24)17(23)11-27-29/h2-5,8,10-11,13,25H,6-7,9,12H2,1H3. The van der Waals surface area contributed by atoms with E-state index >= 15 is 0 Å². The largest absolute Gasteiger partial charge is 0.380 e. The second-order valence-corrected chi connectivity index (χ2v) is 8.39. The van der Waals surface area contributed by atoms with Crippen LogP contribution in [0.4, 0.5) is 11.5 Å². The summed E-state index contributed by atoms with van der Waals surface area (Å²) in [5.41, 5.74) is 1.73. The first-order valence-corrected chi connectivity index (χ1v) is 10.8. The Morgan fingerprint density at radius 3 is 2.71 bits per heavy atom. The second-order valence-electron chi connectivity index (χ2n) is 7.19. The van der Waals surface area contributed by atoms with Crippen molar-refractivity contribution in [3.05, 3.63) is 73.7 Å². The number of anilines is 2. The van der Waals surface area contributed by atoms with Crippen molar-refractivity contribution in [1.82, 2.24) is 14.8 Å². The lowest BCUT2D eigenvalue weighted by Crippen LogP contribution is -2.41. The Labute approximate surface area is 194 Å². The number of pyridine rings is 1. The van der Waals surface area contributed by atoms with Gasteiger partial charge in [-0.3, -0.25) is 4.79 Å². The van der Waals surface area contributed by atoms with Crippen molar-refractivity contribution in [2.75, 3.05) is 29.9 Å². The van der Waals surface area contributed by atoms with Crippen LogP contribution < -0.4 is 15.8 Å². The number of hydrogen-bond donors (Lipinski definition) is 1. The maximum absolute atomic E-state index is 12.3. The zero-order valence-electron chi connectivity index (χ0n) is 16.7. The third-order valence-electron chi connectivity index (χ3n) is 4.93. The van der Waals surface area contributed by atoms with E-state index in [1.165, 1.54) is 6.20 Å². The average molecular weight is 481 g/mol. The van der Waals surface area contributed by atoms with E-state index < -0.39 is 5.56 Å². The quantitative estimate of drug-likeness (QED) is 0.583. The highest BCUT2D eigenvalue weighted by atomic mass is 35.5. The Morgan fingerprint density at radius 1 is 1.16 bits per heavy atom. The summed E-state index contributed by atoms with van der Waals surface area (Å²) in [5, 5.41) is 7.77. The minimum absolute atomic E-state index is 0.0857. The van der Waals surface area contributed by atoms with Gasteiger partial charge in [0.05, 0.1) is 40.3 Å². The molecule has 1 fully saturated rings. The van der Waals surface area contributed by atoms with Gasteiger partial charge in [0, 0.05) is 25.8 Å². The van der Waals surface area contributed by atoms with Crippen molar-refractivity contribution in [2.45, 2.75) is 19.6 Å². The molecule has 7 nitrogen and oxygen atoms in total. The zero-order valence-corrected chi connectivity index (χ0v) is 19.0. The number of morpholine rings is 1. The van der Waals surface area contributed by atoms with Gasteiger partial charge in [0.15, 0.2) is 0 Å². The molecule has 0 amide bonds. The van der Waals surface area contributed by atoms with E-state index in [2.05, 4.69) is 27.2 Å². The Balaban J connectivity index is 1.43. The van der Waals surface area contributed by atoms with Crippen molar-refractivity contribution in [1.29, 1.82) is 0 Å². The molecular weight excluding hydrogens is 461 g/mol. The predicted molar refractivity (Wildman–Crippen MR) is 124 cm³/mol. The van der Waals surface area contributed by atoms with Crippen LogP contribution in [-0.2, 0) is 11.3 Å². The summed E-state index contributed by atoms with van der Waals surface area (Å²) >= 11 is 18.2. The van der Waals surface area contributed by atoms with Crippen molar-refractivity contribution < 1.29 is 4.74 Å². The summed E-state index contributed by atoms with van der Waals surface area (Å²) in [5.74, 6) is 0.945. The zero-order chi connectivity index (χ0) is 22.0. The van der Waals surface area contributed by atoms with Gasteiger partial charge in [0.2, 0.25) is 0 Å². The number of benzene rings is 1. The molecule has 31 heavy (non-hydrogen) atoms. The van der Waals surface area contributed by atoms with Crippen LogP contribution in [0.3, 0.4) is 0 Å². The molecule has 1 aliphatic rings. The van der Waals surface area contributed by atoms with E-state index in [1.54, 1.807) is 18.2 Å². The van der Waals surface area contributed by atoms with Crippen molar-refractivity contribution in [2.24, 2.45) is 0 Å². The Morgan fingerprint density at radius 2 is 2.00 bits per heavy atom. The van der Waals surface area contributed by atoms with Crippen LogP contribution in [0.25, 0.3) is 5.69 Å². The molecular formula is C21H20Cl3N5O2. The minimum Gasteiger partial charge on any atom is -0.380 e. The van der Waals surface area contributed by atoms with Gasteiger partial charge in [-0.15, -0.1) is 0 Å². The SMILES string of the molecule is CC1CN(c2ccc(CNc3ccc(-n4ncc(Cl)c(Cl)c4=O)cc3Cl)cn2)CCO1. The van der Waals surface area contributed by atoms with Gasteiger partial charge < -0.3 is 15.0 Å². The van der Waals surface area contributed by atoms with Gasteiger partial charge >= 0.3 is 0 Å². The number of hydrogen-bond acceptors (Lipinski definition) is 6. The highest BCUT2D eigenvalue weighted by Crippen LogP contribution is 2.26. The van der Waals surface area contributed by atoms with Crippen molar-refractivity contribution >= 4 is 46.3 Å². The molecule has 0 bridgehead atoms. The molecule has 1 atom stereocenters. The smallest absolute Gasteiger partial charge is 0.291 e. The number of nitrogens with zero attached hydrogens (tertiary/aromatic N) is 4. The molecule has 0 radical (unpaired) electrons. The van der Waals surface area contributed by atoms with Crippen LogP contribution in [0.5, 0.6) is 0 Å². The summed E-state index contributed by atoms with van der Waals surface area (Å²) in [6.07, 6.45) is 3.38. The molecule has 1 unspecified atom stereocenters. The number of ether oxygens (including phenoxy) is 1. The molecule has 1 aliphatic heterocycles.